The molecule has 1 aliphatic rings. The van der Waals surface area contributed by atoms with Crippen LogP contribution >= 0.6 is 12.4 Å². The van der Waals surface area contributed by atoms with Gasteiger partial charge in [-0.2, -0.15) is 0 Å². The molecule has 8 heteroatoms. The molecule has 1 heterocycles. The third-order valence-electron chi connectivity index (χ3n) is 2.14. The van der Waals surface area contributed by atoms with Gasteiger partial charge in [0, 0.05) is 12.6 Å². The zero-order valence-corrected chi connectivity index (χ0v) is 10.1. The predicted octanol–water partition coefficient (Wildman–Crippen LogP) is 0.261. The number of nitrogens with two attached hydrogens (primary N) is 1. The van der Waals surface area contributed by atoms with E-state index < -0.39 is 10.0 Å². The molecular formula is C8H13ClN4O2S. The minimum Gasteiger partial charge on any atom is -0.325 e. The van der Waals surface area contributed by atoms with E-state index in [-0.39, 0.29) is 30.0 Å². The second-order valence-corrected chi connectivity index (χ2v) is 5.41. The largest absolute Gasteiger partial charge is 0.325 e. The first kappa shape index (κ1) is 13.1. The number of sulfonamides is 1. The molecule has 0 saturated heterocycles. The highest BCUT2D eigenvalue weighted by Crippen LogP contribution is 2.29. The zero-order valence-electron chi connectivity index (χ0n) is 8.46. The van der Waals surface area contributed by atoms with Crippen LogP contribution < -0.4 is 10.5 Å². The highest BCUT2D eigenvalue weighted by Gasteiger charge is 2.35. The Bertz CT molecular complexity index is 461. The van der Waals surface area contributed by atoms with Crippen LogP contribution in [-0.4, -0.2) is 23.6 Å². The first-order valence-electron chi connectivity index (χ1n) is 4.64. The monoisotopic (exact) mass is 264 g/mol. The number of hydrogen-bond acceptors (Lipinski definition) is 5. The van der Waals surface area contributed by atoms with Gasteiger partial charge in [0.05, 0.1) is 10.9 Å². The molecule has 1 aromatic heterocycles. The lowest BCUT2D eigenvalue weighted by Crippen LogP contribution is -2.18. The highest BCUT2D eigenvalue weighted by molar-refractivity contribution is 7.93. The summed E-state index contributed by atoms with van der Waals surface area (Å²) in [4.78, 5) is 7.70. The molecule has 0 amide bonds. The van der Waals surface area contributed by atoms with Gasteiger partial charge < -0.3 is 5.73 Å². The van der Waals surface area contributed by atoms with Crippen molar-refractivity contribution in [3.63, 3.8) is 0 Å². The summed E-state index contributed by atoms with van der Waals surface area (Å²) in [5.41, 5.74) is 6.00. The number of aromatic nitrogens is 2. The minimum atomic E-state index is -3.25. The summed E-state index contributed by atoms with van der Waals surface area (Å²) in [5, 5.41) is -0.256. The molecule has 0 aliphatic heterocycles. The van der Waals surface area contributed by atoms with Gasteiger partial charge in [-0.25, -0.2) is 18.4 Å². The van der Waals surface area contributed by atoms with Gasteiger partial charge in [0.2, 0.25) is 10.0 Å². The summed E-state index contributed by atoms with van der Waals surface area (Å²) in [6.45, 7) is 0.265. The normalized spacial score (nSPS) is 15.3. The lowest BCUT2D eigenvalue weighted by Gasteiger charge is -2.06. The molecule has 0 aromatic carbocycles. The topological polar surface area (TPSA) is 98.0 Å². The SMILES string of the molecule is Cl.NCc1cc(NS(=O)(=O)C2CC2)ncn1. The van der Waals surface area contributed by atoms with Crippen molar-refractivity contribution in [2.75, 3.05) is 4.72 Å². The average molecular weight is 265 g/mol. The van der Waals surface area contributed by atoms with Crippen LogP contribution in [0.3, 0.4) is 0 Å². The van der Waals surface area contributed by atoms with Gasteiger partial charge in [-0.05, 0) is 12.8 Å². The molecule has 3 N–H and O–H groups in total. The molecule has 0 unspecified atom stereocenters. The van der Waals surface area contributed by atoms with Gasteiger partial charge in [-0.15, -0.1) is 12.4 Å². The van der Waals surface area contributed by atoms with E-state index in [1.165, 1.54) is 6.33 Å². The molecule has 1 saturated carbocycles. The molecule has 2 rings (SSSR count). The van der Waals surface area contributed by atoms with Crippen LogP contribution in [0.25, 0.3) is 0 Å². The van der Waals surface area contributed by atoms with E-state index in [1.54, 1.807) is 6.07 Å². The predicted molar refractivity (Wildman–Crippen MR) is 62.7 cm³/mol. The molecule has 0 spiro atoms. The van der Waals surface area contributed by atoms with E-state index in [0.717, 1.165) is 12.8 Å². The number of nitrogens with one attached hydrogen (secondary N) is 1. The molecule has 0 atom stereocenters. The number of hydrogen-bond donors (Lipinski definition) is 2. The third kappa shape index (κ3) is 3.03. The second-order valence-electron chi connectivity index (χ2n) is 3.45. The van der Waals surface area contributed by atoms with Crippen LogP contribution in [0.15, 0.2) is 12.4 Å². The first-order chi connectivity index (χ1) is 7.12. The summed E-state index contributed by atoms with van der Waals surface area (Å²) in [5.74, 6) is 0.289. The summed E-state index contributed by atoms with van der Waals surface area (Å²) in [6, 6.07) is 1.54. The maximum atomic E-state index is 11.6. The quantitative estimate of drug-likeness (QED) is 0.813. The fraction of sp³-hybridized carbons (Fsp3) is 0.500. The Labute approximate surface area is 100 Å². The summed E-state index contributed by atoms with van der Waals surface area (Å²) < 4.78 is 25.5. The van der Waals surface area contributed by atoms with Gasteiger partial charge in [0.15, 0.2) is 0 Å². The zero-order chi connectivity index (χ0) is 10.9. The van der Waals surface area contributed by atoms with Crippen LogP contribution in [-0.2, 0) is 16.6 Å². The third-order valence-corrected chi connectivity index (χ3v) is 3.99. The van der Waals surface area contributed by atoms with E-state index in [1.807, 2.05) is 0 Å². The molecule has 1 fully saturated rings. The van der Waals surface area contributed by atoms with Gasteiger partial charge in [0.1, 0.15) is 12.1 Å². The molecule has 0 bridgehead atoms. The van der Waals surface area contributed by atoms with Crippen LogP contribution in [0.4, 0.5) is 5.82 Å². The van der Waals surface area contributed by atoms with Crippen molar-refractivity contribution in [3.05, 3.63) is 18.1 Å². The van der Waals surface area contributed by atoms with Crippen molar-refractivity contribution >= 4 is 28.2 Å². The first-order valence-corrected chi connectivity index (χ1v) is 6.19. The maximum absolute atomic E-state index is 11.6. The Kier molecular flexibility index (Phi) is 4.06. The van der Waals surface area contributed by atoms with Gasteiger partial charge in [-0.3, -0.25) is 4.72 Å². The smallest absolute Gasteiger partial charge is 0.236 e. The van der Waals surface area contributed by atoms with E-state index in [4.69, 9.17) is 5.73 Å². The van der Waals surface area contributed by atoms with Crippen molar-refractivity contribution in [3.8, 4) is 0 Å². The fourth-order valence-corrected chi connectivity index (χ4v) is 2.50. The number of halogens is 1. The maximum Gasteiger partial charge on any atom is 0.236 e. The molecule has 0 radical (unpaired) electrons. The Morgan fingerprint density at radius 1 is 1.44 bits per heavy atom. The summed E-state index contributed by atoms with van der Waals surface area (Å²) in [6.07, 6.45) is 2.75. The van der Waals surface area contributed by atoms with E-state index in [0.29, 0.717) is 5.69 Å². The fourth-order valence-electron chi connectivity index (χ4n) is 1.17. The Morgan fingerprint density at radius 3 is 2.69 bits per heavy atom. The molecular weight excluding hydrogens is 252 g/mol. The van der Waals surface area contributed by atoms with Gasteiger partial charge >= 0.3 is 0 Å². The molecule has 90 valence electrons. The molecule has 1 aromatic rings. The Hall–Kier alpha value is -0.920. The summed E-state index contributed by atoms with van der Waals surface area (Å²) >= 11 is 0. The lowest BCUT2D eigenvalue weighted by atomic mass is 10.4. The van der Waals surface area contributed by atoms with Crippen molar-refractivity contribution < 1.29 is 8.42 Å². The Balaban J connectivity index is 0.00000128. The number of rotatable bonds is 4. The second kappa shape index (κ2) is 4.94. The van der Waals surface area contributed by atoms with E-state index >= 15 is 0 Å². The van der Waals surface area contributed by atoms with Crippen molar-refractivity contribution in [2.45, 2.75) is 24.6 Å². The van der Waals surface area contributed by atoms with Gasteiger partial charge in [0.25, 0.3) is 0 Å². The highest BCUT2D eigenvalue weighted by atomic mass is 35.5. The van der Waals surface area contributed by atoms with Crippen LogP contribution in [0, 0.1) is 0 Å². The average Bonchev–Trinajstić information content (AvgIpc) is 3.00. The van der Waals surface area contributed by atoms with Gasteiger partial charge in [-0.1, -0.05) is 0 Å². The van der Waals surface area contributed by atoms with Crippen LogP contribution in [0.2, 0.25) is 0 Å². The van der Waals surface area contributed by atoms with E-state index in [9.17, 15) is 8.42 Å². The van der Waals surface area contributed by atoms with Crippen LogP contribution in [0.5, 0.6) is 0 Å². The van der Waals surface area contributed by atoms with Crippen LogP contribution in [0.1, 0.15) is 18.5 Å². The summed E-state index contributed by atoms with van der Waals surface area (Å²) in [7, 11) is -3.25. The molecule has 1 aliphatic carbocycles. The molecule has 16 heavy (non-hydrogen) atoms. The van der Waals surface area contributed by atoms with Crippen molar-refractivity contribution in [1.29, 1.82) is 0 Å². The standard InChI is InChI=1S/C8H12N4O2S.ClH/c9-4-6-3-8(11-5-10-6)12-15(13,14)7-1-2-7;/h3,5,7H,1-2,4,9H2,(H,10,11,12);1H. The van der Waals surface area contributed by atoms with E-state index in [2.05, 4.69) is 14.7 Å². The van der Waals surface area contributed by atoms with Crippen molar-refractivity contribution in [1.82, 2.24) is 9.97 Å². The Morgan fingerprint density at radius 2 is 2.12 bits per heavy atom. The number of anilines is 1. The minimum absolute atomic E-state index is 0. The number of nitrogens with zero attached hydrogens (tertiary/aromatic N) is 2. The molecule has 6 nitrogen and oxygen atoms in total. The lowest BCUT2D eigenvalue weighted by molar-refractivity contribution is 0.599. The van der Waals surface area contributed by atoms with Crippen molar-refractivity contribution in [2.24, 2.45) is 5.73 Å².